The maximum Gasteiger partial charge on any atom is 0.416 e. The molecule has 0 aromatic heterocycles. The van der Waals surface area contributed by atoms with Crippen LogP contribution in [0.5, 0.6) is 0 Å². The number of hydrogen-bond donors (Lipinski definition) is 0. The largest absolute Gasteiger partial charge is 0.416 e. The summed E-state index contributed by atoms with van der Waals surface area (Å²) in [7, 11) is 0. The molecule has 32 heavy (non-hydrogen) atoms. The lowest BCUT2D eigenvalue weighted by Gasteiger charge is -2.41. The third-order valence-electron chi connectivity index (χ3n) is 8.63. The first-order valence-corrected chi connectivity index (χ1v) is 12.4. The molecule has 0 bridgehead atoms. The van der Waals surface area contributed by atoms with Gasteiger partial charge in [0.2, 0.25) is 5.91 Å². The minimum absolute atomic E-state index is 0.154. The second kappa shape index (κ2) is 9.00. The number of hydrogen-bond acceptors (Lipinski definition) is 2. The number of halogens is 3. The standard InChI is InChI=1S/C26H37F3N2O/c1-4-19-8-12-30(13-9-19)23-7-11-25(16-23,18(2)3)24(32)31-14-10-20-5-6-22(26(27,28)29)15-21(20)17-31/h5-6,15,18-19,23H,4,7-14,16-17H2,1-3H3. The number of benzene rings is 1. The molecule has 4 rings (SSSR count). The summed E-state index contributed by atoms with van der Waals surface area (Å²) >= 11 is 0. The van der Waals surface area contributed by atoms with E-state index in [2.05, 4.69) is 25.7 Å². The predicted molar refractivity (Wildman–Crippen MR) is 120 cm³/mol. The van der Waals surface area contributed by atoms with E-state index in [1.165, 1.54) is 25.3 Å². The summed E-state index contributed by atoms with van der Waals surface area (Å²) < 4.78 is 39.6. The zero-order chi connectivity index (χ0) is 23.1. The summed E-state index contributed by atoms with van der Waals surface area (Å²) in [6.45, 7) is 9.70. The topological polar surface area (TPSA) is 23.6 Å². The second-order valence-corrected chi connectivity index (χ2v) is 10.6. The summed E-state index contributed by atoms with van der Waals surface area (Å²) in [5.74, 6) is 1.21. The molecule has 3 nitrogen and oxygen atoms in total. The maximum absolute atomic E-state index is 13.9. The van der Waals surface area contributed by atoms with Crippen molar-refractivity contribution in [2.45, 2.75) is 84.5 Å². The number of likely N-dealkylation sites (tertiary alicyclic amines) is 1. The van der Waals surface area contributed by atoms with Crippen LogP contribution in [0.1, 0.15) is 76.0 Å². The summed E-state index contributed by atoms with van der Waals surface area (Å²) in [5.41, 5.74) is 0.560. The number of piperidine rings is 1. The normalized spacial score (nSPS) is 27.7. The molecule has 6 heteroatoms. The molecule has 1 aromatic rings. The molecule has 2 unspecified atom stereocenters. The van der Waals surface area contributed by atoms with Crippen molar-refractivity contribution in [3.05, 3.63) is 34.9 Å². The Labute approximate surface area is 190 Å². The highest BCUT2D eigenvalue weighted by atomic mass is 19.4. The SMILES string of the molecule is CCC1CCN(C2CCC(C(=O)N3CCc4ccc(C(F)(F)F)cc4C3)(C(C)C)C2)CC1. The van der Waals surface area contributed by atoms with Crippen molar-refractivity contribution in [3.8, 4) is 0 Å². The Hall–Kier alpha value is -1.56. The Bertz CT molecular complexity index is 829. The van der Waals surface area contributed by atoms with Gasteiger partial charge in [-0.1, -0.05) is 33.3 Å². The number of carbonyl (C=O) groups is 1. The van der Waals surface area contributed by atoms with Gasteiger partial charge in [0.1, 0.15) is 0 Å². The van der Waals surface area contributed by atoms with Gasteiger partial charge in [-0.3, -0.25) is 4.79 Å². The molecule has 1 aliphatic carbocycles. The van der Waals surface area contributed by atoms with Crippen LogP contribution in [0.15, 0.2) is 18.2 Å². The van der Waals surface area contributed by atoms with Gasteiger partial charge in [0.25, 0.3) is 0 Å². The van der Waals surface area contributed by atoms with E-state index in [1.54, 1.807) is 6.07 Å². The van der Waals surface area contributed by atoms with E-state index in [1.807, 2.05) is 4.90 Å². The fourth-order valence-electron chi connectivity index (χ4n) is 6.27. The summed E-state index contributed by atoms with van der Waals surface area (Å²) in [6.07, 6.45) is 2.83. The van der Waals surface area contributed by atoms with Crippen LogP contribution in [0.2, 0.25) is 0 Å². The molecule has 2 aliphatic heterocycles. The molecule has 0 N–H and O–H groups in total. The lowest BCUT2D eigenvalue weighted by Crippen LogP contribution is -2.49. The molecule has 3 aliphatic rings. The lowest BCUT2D eigenvalue weighted by atomic mass is 9.73. The fraction of sp³-hybridized carbons (Fsp3) is 0.731. The third kappa shape index (κ3) is 4.44. The van der Waals surface area contributed by atoms with Gasteiger partial charge in [-0.2, -0.15) is 13.2 Å². The molecular formula is C26H37F3N2O. The highest BCUT2D eigenvalue weighted by Gasteiger charge is 2.50. The van der Waals surface area contributed by atoms with Crippen molar-refractivity contribution in [2.75, 3.05) is 19.6 Å². The smallest absolute Gasteiger partial charge is 0.338 e. The van der Waals surface area contributed by atoms with E-state index in [9.17, 15) is 18.0 Å². The van der Waals surface area contributed by atoms with Gasteiger partial charge < -0.3 is 9.80 Å². The number of carbonyl (C=O) groups excluding carboxylic acids is 1. The molecular weight excluding hydrogens is 413 g/mol. The van der Waals surface area contributed by atoms with Crippen LogP contribution >= 0.6 is 0 Å². The van der Waals surface area contributed by atoms with Crippen LogP contribution in [-0.2, 0) is 23.9 Å². The first-order valence-electron chi connectivity index (χ1n) is 12.4. The third-order valence-corrected chi connectivity index (χ3v) is 8.63. The Kier molecular flexibility index (Phi) is 6.63. The molecule has 0 radical (unpaired) electrons. The minimum atomic E-state index is -4.36. The van der Waals surface area contributed by atoms with E-state index in [0.717, 1.165) is 49.9 Å². The average Bonchev–Trinajstić information content (AvgIpc) is 3.24. The predicted octanol–water partition coefficient (Wildman–Crippen LogP) is 5.91. The van der Waals surface area contributed by atoms with Crippen molar-refractivity contribution in [1.82, 2.24) is 9.80 Å². The fourth-order valence-corrected chi connectivity index (χ4v) is 6.27. The molecule has 2 heterocycles. The quantitative estimate of drug-likeness (QED) is 0.570. The van der Waals surface area contributed by atoms with Gasteiger partial charge in [0, 0.05) is 19.1 Å². The van der Waals surface area contributed by atoms with E-state index in [-0.39, 0.29) is 11.8 Å². The molecule has 1 saturated carbocycles. The molecule has 0 spiro atoms. The second-order valence-electron chi connectivity index (χ2n) is 10.6. The van der Waals surface area contributed by atoms with Gasteiger partial charge in [-0.25, -0.2) is 0 Å². The number of nitrogens with zero attached hydrogens (tertiary/aromatic N) is 2. The van der Waals surface area contributed by atoms with Crippen LogP contribution in [0.3, 0.4) is 0 Å². The van der Waals surface area contributed by atoms with Crippen LogP contribution in [0.4, 0.5) is 13.2 Å². The zero-order valence-electron chi connectivity index (χ0n) is 19.7. The molecule has 1 saturated heterocycles. The Morgan fingerprint density at radius 3 is 2.47 bits per heavy atom. The van der Waals surface area contributed by atoms with E-state index >= 15 is 0 Å². The van der Waals surface area contributed by atoms with Crippen LogP contribution in [0.25, 0.3) is 0 Å². The summed E-state index contributed by atoms with van der Waals surface area (Å²) in [5, 5.41) is 0. The maximum atomic E-state index is 13.9. The molecule has 2 atom stereocenters. The van der Waals surface area contributed by atoms with Gasteiger partial charge in [-0.15, -0.1) is 0 Å². The van der Waals surface area contributed by atoms with Crippen molar-refractivity contribution in [3.63, 3.8) is 0 Å². The first kappa shape index (κ1) is 23.6. The zero-order valence-corrected chi connectivity index (χ0v) is 19.7. The highest BCUT2D eigenvalue weighted by molar-refractivity contribution is 5.84. The number of amides is 1. The first-order chi connectivity index (χ1) is 15.1. The van der Waals surface area contributed by atoms with Gasteiger partial charge in [0.15, 0.2) is 0 Å². The summed E-state index contributed by atoms with van der Waals surface area (Å²) in [4.78, 5) is 18.3. The summed E-state index contributed by atoms with van der Waals surface area (Å²) in [6, 6.07) is 4.44. The van der Waals surface area contributed by atoms with E-state index in [0.29, 0.717) is 31.1 Å². The number of alkyl halides is 3. The highest BCUT2D eigenvalue weighted by Crippen LogP contribution is 2.48. The van der Waals surface area contributed by atoms with Gasteiger partial charge in [-0.05, 0) is 86.7 Å². The van der Waals surface area contributed by atoms with E-state index < -0.39 is 17.2 Å². The van der Waals surface area contributed by atoms with Gasteiger partial charge in [0.05, 0.1) is 11.0 Å². The molecule has 1 amide bonds. The van der Waals surface area contributed by atoms with Crippen molar-refractivity contribution >= 4 is 5.91 Å². The molecule has 178 valence electrons. The Morgan fingerprint density at radius 2 is 1.84 bits per heavy atom. The van der Waals surface area contributed by atoms with E-state index in [4.69, 9.17) is 0 Å². The number of rotatable bonds is 4. The van der Waals surface area contributed by atoms with Crippen LogP contribution < -0.4 is 0 Å². The van der Waals surface area contributed by atoms with Crippen LogP contribution in [0, 0.1) is 17.3 Å². The van der Waals surface area contributed by atoms with Crippen molar-refractivity contribution in [1.29, 1.82) is 0 Å². The Balaban J connectivity index is 1.49. The van der Waals surface area contributed by atoms with Crippen molar-refractivity contribution < 1.29 is 18.0 Å². The minimum Gasteiger partial charge on any atom is -0.338 e. The lowest BCUT2D eigenvalue weighted by molar-refractivity contribution is -0.146. The Morgan fingerprint density at radius 1 is 1.12 bits per heavy atom. The van der Waals surface area contributed by atoms with Gasteiger partial charge >= 0.3 is 6.18 Å². The number of fused-ring (bicyclic) bond motifs is 1. The monoisotopic (exact) mass is 450 g/mol. The van der Waals surface area contributed by atoms with Crippen molar-refractivity contribution in [2.24, 2.45) is 17.3 Å². The molecule has 1 aromatic carbocycles. The average molecular weight is 451 g/mol. The molecule has 2 fully saturated rings. The van der Waals surface area contributed by atoms with Crippen LogP contribution in [-0.4, -0.2) is 41.4 Å².